The fourth-order valence-electron chi connectivity index (χ4n) is 3.20. The molecule has 2 aromatic rings. The summed E-state index contributed by atoms with van der Waals surface area (Å²) in [6.07, 6.45) is 0. The van der Waals surface area contributed by atoms with E-state index in [1.54, 1.807) is 20.1 Å². The van der Waals surface area contributed by atoms with Gasteiger partial charge >= 0.3 is 5.97 Å². The van der Waals surface area contributed by atoms with Gasteiger partial charge in [-0.3, -0.25) is 9.80 Å². The van der Waals surface area contributed by atoms with E-state index in [2.05, 4.69) is 15.9 Å². The number of furan rings is 1. The number of esters is 1. The Morgan fingerprint density at radius 3 is 2.65 bits per heavy atom. The van der Waals surface area contributed by atoms with Gasteiger partial charge in [0.05, 0.1) is 32.9 Å². The Hall–Kier alpha value is -2.56. The van der Waals surface area contributed by atoms with E-state index in [9.17, 15) is 4.79 Å². The van der Waals surface area contributed by atoms with Gasteiger partial charge in [-0.2, -0.15) is 5.26 Å². The number of methoxy groups -OCH3 is 1. The van der Waals surface area contributed by atoms with Crippen molar-refractivity contribution in [3.8, 4) is 11.8 Å². The molecule has 0 saturated carbocycles. The van der Waals surface area contributed by atoms with Crippen LogP contribution in [0, 0.1) is 11.3 Å². The van der Waals surface area contributed by atoms with E-state index in [-0.39, 0.29) is 5.97 Å². The van der Waals surface area contributed by atoms with Crippen LogP contribution in [0.2, 0.25) is 0 Å². The van der Waals surface area contributed by atoms with E-state index in [1.807, 2.05) is 12.1 Å². The second-order valence-electron chi connectivity index (χ2n) is 6.19. The summed E-state index contributed by atoms with van der Waals surface area (Å²) in [5.41, 5.74) is 1.12. The van der Waals surface area contributed by atoms with Gasteiger partial charge in [0.1, 0.15) is 22.7 Å². The molecule has 26 heavy (non-hydrogen) atoms. The quantitative estimate of drug-likeness (QED) is 0.579. The molecule has 0 bridgehead atoms. The summed E-state index contributed by atoms with van der Waals surface area (Å²) in [6.45, 7) is 6.38. The van der Waals surface area contributed by atoms with Crippen LogP contribution in [0.4, 0.5) is 0 Å². The van der Waals surface area contributed by atoms with Gasteiger partial charge in [-0.15, -0.1) is 0 Å². The van der Waals surface area contributed by atoms with Gasteiger partial charge in [-0.25, -0.2) is 4.79 Å². The van der Waals surface area contributed by atoms with E-state index < -0.39 is 0 Å². The molecule has 1 saturated heterocycles. The minimum absolute atomic E-state index is 0.307. The number of nitrogens with zero attached hydrogens (tertiary/aromatic N) is 3. The molecule has 0 spiro atoms. The standard InChI is InChI=1S/C19H23N3O4/c1-3-25-19(23)18-15-12-14(24-2)4-5-16(15)26-17(18)13-22-10-8-21(7-6-20)9-11-22/h4-5,12H,3,7-11,13H2,1-2H3. The SMILES string of the molecule is CCOC(=O)c1c(CN2CCN(CC#N)CC2)oc2ccc(OC)cc12. The molecular formula is C19H23N3O4. The molecule has 0 aliphatic carbocycles. The third kappa shape index (κ3) is 3.82. The molecule has 7 heteroatoms. The maximum atomic E-state index is 12.5. The highest BCUT2D eigenvalue weighted by Gasteiger charge is 2.25. The first-order valence-electron chi connectivity index (χ1n) is 8.74. The third-order valence-corrected chi connectivity index (χ3v) is 4.57. The Morgan fingerprint density at radius 1 is 1.27 bits per heavy atom. The Morgan fingerprint density at radius 2 is 2.00 bits per heavy atom. The largest absolute Gasteiger partial charge is 0.497 e. The van der Waals surface area contributed by atoms with E-state index >= 15 is 0 Å². The monoisotopic (exact) mass is 357 g/mol. The van der Waals surface area contributed by atoms with Gasteiger partial charge in [0.15, 0.2) is 0 Å². The number of hydrogen-bond acceptors (Lipinski definition) is 7. The van der Waals surface area contributed by atoms with Crippen LogP contribution in [0.1, 0.15) is 23.0 Å². The number of carbonyl (C=O) groups excluding carboxylic acids is 1. The van der Waals surface area contributed by atoms with Gasteiger partial charge in [0.2, 0.25) is 0 Å². The van der Waals surface area contributed by atoms with Gasteiger partial charge in [0.25, 0.3) is 0 Å². The summed E-state index contributed by atoms with van der Waals surface area (Å²) in [4.78, 5) is 16.9. The highest BCUT2D eigenvalue weighted by Crippen LogP contribution is 2.31. The van der Waals surface area contributed by atoms with Crippen molar-refractivity contribution >= 4 is 16.9 Å². The van der Waals surface area contributed by atoms with E-state index in [0.717, 1.165) is 26.2 Å². The first-order chi connectivity index (χ1) is 12.7. The number of carbonyl (C=O) groups is 1. The van der Waals surface area contributed by atoms with Crippen molar-refractivity contribution in [2.45, 2.75) is 13.5 Å². The van der Waals surface area contributed by atoms with Crippen LogP contribution in [0.5, 0.6) is 5.75 Å². The summed E-state index contributed by atoms with van der Waals surface area (Å²) in [7, 11) is 1.59. The molecule has 0 radical (unpaired) electrons. The summed E-state index contributed by atoms with van der Waals surface area (Å²) in [5.74, 6) is 0.901. The van der Waals surface area contributed by atoms with Crippen LogP contribution >= 0.6 is 0 Å². The minimum atomic E-state index is -0.377. The fourth-order valence-corrected chi connectivity index (χ4v) is 3.20. The number of benzene rings is 1. The van der Waals surface area contributed by atoms with Crippen molar-refractivity contribution in [3.63, 3.8) is 0 Å². The first-order valence-corrected chi connectivity index (χ1v) is 8.74. The number of ether oxygens (including phenoxy) is 2. The third-order valence-electron chi connectivity index (χ3n) is 4.57. The Bertz CT molecular complexity index is 816. The maximum absolute atomic E-state index is 12.5. The van der Waals surface area contributed by atoms with Gasteiger partial charge in [-0.05, 0) is 25.1 Å². The van der Waals surface area contributed by atoms with Gasteiger partial charge in [0, 0.05) is 31.6 Å². The van der Waals surface area contributed by atoms with Crippen LogP contribution in [0.25, 0.3) is 11.0 Å². The highest BCUT2D eigenvalue weighted by atomic mass is 16.5. The number of fused-ring (bicyclic) bond motifs is 1. The van der Waals surface area contributed by atoms with E-state index in [0.29, 0.717) is 47.7 Å². The molecule has 1 aliphatic heterocycles. The van der Waals surface area contributed by atoms with Crippen LogP contribution < -0.4 is 4.74 Å². The lowest BCUT2D eigenvalue weighted by atomic mass is 10.1. The van der Waals surface area contributed by atoms with Crippen molar-refractivity contribution in [3.05, 3.63) is 29.5 Å². The van der Waals surface area contributed by atoms with Crippen molar-refractivity contribution in [1.82, 2.24) is 9.80 Å². The maximum Gasteiger partial charge on any atom is 0.342 e. The minimum Gasteiger partial charge on any atom is -0.497 e. The van der Waals surface area contributed by atoms with Crippen LogP contribution in [-0.2, 0) is 11.3 Å². The van der Waals surface area contributed by atoms with E-state index in [4.69, 9.17) is 19.2 Å². The number of rotatable bonds is 6. The molecule has 1 aromatic heterocycles. The molecule has 2 heterocycles. The molecule has 0 atom stereocenters. The Labute approximate surface area is 152 Å². The predicted molar refractivity (Wildman–Crippen MR) is 96.1 cm³/mol. The number of hydrogen-bond donors (Lipinski definition) is 0. The summed E-state index contributed by atoms with van der Waals surface area (Å²) in [6, 6.07) is 7.61. The molecular weight excluding hydrogens is 334 g/mol. The Balaban J connectivity index is 1.86. The summed E-state index contributed by atoms with van der Waals surface area (Å²) in [5, 5.41) is 9.52. The zero-order valence-electron chi connectivity index (χ0n) is 15.2. The molecule has 3 rings (SSSR count). The summed E-state index contributed by atoms with van der Waals surface area (Å²) < 4.78 is 16.5. The predicted octanol–water partition coefficient (Wildman–Crippen LogP) is 2.26. The average molecular weight is 357 g/mol. The van der Waals surface area contributed by atoms with E-state index in [1.165, 1.54) is 0 Å². The lowest BCUT2D eigenvalue weighted by Crippen LogP contribution is -2.45. The Kier molecular flexibility index (Phi) is 5.76. The number of nitriles is 1. The molecule has 138 valence electrons. The molecule has 1 aromatic carbocycles. The van der Waals surface area contributed by atoms with Gasteiger partial charge < -0.3 is 13.9 Å². The van der Waals surface area contributed by atoms with Gasteiger partial charge in [-0.1, -0.05) is 0 Å². The van der Waals surface area contributed by atoms with Crippen molar-refractivity contribution in [1.29, 1.82) is 5.26 Å². The lowest BCUT2D eigenvalue weighted by Gasteiger charge is -2.32. The molecule has 1 fully saturated rings. The zero-order valence-corrected chi connectivity index (χ0v) is 15.2. The normalized spacial score (nSPS) is 15.7. The topological polar surface area (TPSA) is 78.9 Å². The van der Waals surface area contributed by atoms with Crippen LogP contribution in [-0.4, -0.2) is 62.2 Å². The number of piperazine rings is 1. The fraction of sp³-hybridized carbons (Fsp3) is 0.474. The first kappa shape index (κ1) is 18.2. The lowest BCUT2D eigenvalue weighted by molar-refractivity contribution is 0.0522. The average Bonchev–Trinajstić information content (AvgIpc) is 3.00. The van der Waals surface area contributed by atoms with Crippen molar-refractivity contribution < 1.29 is 18.7 Å². The zero-order chi connectivity index (χ0) is 18.5. The second kappa shape index (κ2) is 8.21. The molecule has 0 unspecified atom stereocenters. The highest BCUT2D eigenvalue weighted by molar-refractivity contribution is 6.05. The van der Waals surface area contributed by atoms with Crippen molar-refractivity contribution in [2.24, 2.45) is 0 Å². The second-order valence-corrected chi connectivity index (χ2v) is 6.19. The molecule has 0 N–H and O–H groups in total. The van der Waals surface area contributed by atoms with Crippen molar-refractivity contribution in [2.75, 3.05) is 46.4 Å². The summed E-state index contributed by atoms with van der Waals surface area (Å²) >= 11 is 0. The molecule has 0 amide bonds. The van der Waals surface area contributed by atoms with Crippen LogP contribution in [0.3, 0.4) is 0 Å². The van der Waals surface area contributed by atoms with Crippen LogP contribution in [0.15, 0.2) is 22.6 Å². The molecule has 1 aliphatic rings. The smallest absolute Gasteiger partial charge is 0.342 e. The molecule has 7 nitrogen and oxygen atoms in total.